The molecule has 1 N–H and O–H groups in total. The Hall–Kier alpha value is -2.63. The molecule has 0 saturated carbocycles. The summed E-state index contributed by atoms with van der Waals surface area (Å²) in [5.41, 5.74) is 2.74. The monoisotopic (exact) mass is 454 g/mol. The number of carbonyl (C=O) groups is 1. The second-order valence-electron chi connectivity index (χ2n) is 6.46. The molecule has 28 heavy (non-hydrogen) atoms. The summed E-state index contributed by atoms with van der Waals surface area (Å²) in [6, 6.07) is 21.3. The van der Waals surface area contributed by atoms with Gasteiger partial charge in [0.2, 0.25) is 0 Å². The molecule has 1 aliphatic rings. The van der Waals surface area contributed by atoms with Crippen molar-refractivity contribution in [2.45, 2.75) is 12.5 Å². The summed E-state index contributed by atoms with van der Waals surface area (Å²) in [5, 5.41) is 16.8. The Kier molecular flexibility index (Phi) is 5.20. The van der Waals surface area contributed by atoms with Gasteiger partial charge in [0.25, 0.3) is 5.91 Å². The number of nitrogens with zero attached hydrogens (tertiary/aromatic N) is 2. The summed E-state index contributed by atoms with van der Waals surface area (Å²) in [6.07, 6.45) is 0.495. The van der Waals surface area contributed by atoms with E-state index in [4.69, 9.17) is 11.6 Å². The summed E-state index contributed by atoms with van der Waals surface area (Å²) in [6.45, 7) is 0. The summed E-state index contributed by atoms with van der Waals surface area (Å²) >= 11 is 9.68. The quantitative estimate of drug-likeness (QED) is 0.543. The molecule has 0 aromatic heterocycles. The Labute approximate surface area is 176 Å². The van der Waals surface area contributed by atoms with Gasteiger partial charge in [0.05, 0.1) is 22.3 Å². The summed E-state index contributed by atoms with van der Waals surface area (Å²) in [4.78, 5) is 13.2. The smallest absolute Gasteiger partial charge is 0.276 e. The number of hydrogen-bond acceptors (Lipinski definition) is 3. The normalized spacial score (nSPS) is 16.1. The molecule has 4 nitrogen and oxygen atoms in total. The number of benzene rings is 3. The molecule has 3 aromatic rings. The molecule has 1 unspecified atom stereocenters. The first-order valence-corrected chi connectivity index (χ1v) is 9.91. The number of amides is 1. The Morgan fingerprint density at radius 2 is 1.71 bits per heavy atom. The third kappa shape index (κ3) is 3.55. The predicted molar refractivity (Wildman–Crippen MR) is 114 cm³/mol. The van der Waals surface area contributed by atoms with Gasteiger partial charge in [-0.05, 0) is 35.9 Å². The van der Waals surface area contributed by atoms with Crippen LogP contribution in [0.2, 0.25) is 5.02 Å². The van der Waals surface area contributed by atoms with Crippen molar-refractivity contribution in [3.05, 3.63) is 99.0 Å². The summed E-state index contributed by atoms with van der Waals surface area (Å²) < 4.78 is 0.969. The molecule has 4 rings (SSSR count). The van der Waals surface area contributed by atoms with Crippen LogP contribution in [-0.4, -0.2) is 21.7 Å². The lowest BCUT2D eigenvalue weighted by atomic mass is 9.97. The topological polar surface area (TPSA) is 52.9 Å². The van der Waals surface area contributed by atoms with Crippen LogP contribution in [0.5, 0.6) is 5.75 Å². The van der Waals surface area contributed by atoms with Gasteiger partial charge in [-0.25, -0.2) is 5.01 Å². The maximum absolute atomic E-state index is 13.2. The lowest BCUT2D eigenvalue weighted by Gasteiger charge is -2.23. The van der Waals surface area contributed by atoms with Crippen LogP contribution in [-0.2, 0) is 0 Å². The molecule has 1 atom stereocenters. The summed E-state index contributed by atoms with van der Waals surface area (Å²) in [7, 11) is 0. The SMILES string of the molecule is O=C(c1ccccc1Cl)N1N=C(c2ccc(Br)cc2)CC1c1ccccc1O. The van der Waals surface area contributed by atoms with Crippen molar-refractivity contribution in [1.82, 2.24) is 5.01 Å². The van der Waals surface area contributed by atoms with Crippen molar-refractivity contribution in [3.63, 3.8) is 0 Å². The second-order valence-corrected chi connectivity index (χ2v) is 7.78. The Morgan fingerprint density at radius 3 is 2.43 bits per heavy atom. The zero-order chi connectivity index (χ0) is 19.7. The minimum atomic E-state index is -0.413. The van der Waals surface area contributed by atoms with E-state index >= 15 is 0 Å². The molecule has 1 amide bonds. The molecule has 140 valence electrons. The largest absolute Gasteiger partial charge is 0.508 e. The van der Waals surface area contributed by atoms with Gasteiger partial charge < -0.3 is 5.11 Å². The summed E-state index contributed by atoms with van der Waals surface area (Å²) in [5.74, 6) is -0.164. The van der Waals surface area contributed by atoms with Crippen LogP contribution in [0.25, 0.3) is 0 Å². The number of hydrazone groups is 1. The first-order chi connectivity index (χ1) is 13.5. The fraction of sp³-hybridized carbons (Fsp3) is 0.0909. The Morgan fingerprint density at radius 1 is 1.04 bits per heavy atom. The van der Waals surface area contributed by atoms with Crippen LogP contribution in [0.1, 0.15) is 33.9 Å². The molecule has 0 aliphatic carbocycles. The van der Waals surface area contributed by atoms with Gasteiger partial charge >= 0.3 is 0 Å². The van der Waals surface area contributed by atoms with Crippen LogP contribution in [0, 0.1) is 0 Å². The lowest BCUT2D eigenvalue weighted by Crippen LogP contribution is -2.27. The highest BCUT2D eigenvalue weighted by molar-refractivity contribution is 9.10. The van der Waals surface area contributed by atoms with E-state index in [2.05, 4.69) is 21.0 Å². The van der Waals surface area contributed by atoms with E-state index in [0.717, 1.165) is 15.7 Å². The predicted octanol–water partition coefficient (Wildman–Crippen LogP) is 5.80. The van der Waals surface area contributed by atoms with E-state index < -0.39 is 6.04 Å². The van der Waals surface area contributed by atoms with Crippen LogP contribution in [0.15, 0.2) is 82.4 Å². The number of para-hydroxylation sites is 1. The van der Waals surface area contributed by atoms with E-state index in [1.165, 1.54) is 5.01 Å². The molecule has 0 saturated heterocycles. The molecule has 1 heterocycles. The average molecular weight is 456 g/mol. The van der Waals surface area contributed by atoms with Gasteiger partial charge in [-0.3, -0.25) is 4.79 Å². The fourth-order valence-electron chi connectivity index (χ4n) is 3.28. The molecule has 0 bridgehead atoms. The number of aromatic hydroxyl groups is 1. The standard InChI is InChI=1S/C22H16BrClN2O2/c23-15-11-9-14(10-12-15)19-13-20(17-6-2-4-8-21(17)27)26(25-19)22(28)16-5-1-3-7-18(16)24/h1-12,20,27H,13H2. The maximum Gasteiger partial charge on any atom is 0.276 e. The lowest BCUT2D eigenvalue weighted by molar-refractivity contribution is 0.0710. The number of carbonyl (C=O) groups excluding carboxylic acids is 1. The van der Waals surface area contributed by atoms with Crippen molar-refractivity contribution < 1.29 is 9.90 Å². The number of rotatable bonds is 3. The van der Waals surface area contributed by atoms with E-state index in [0.29, 0.717) is 22.6 Å². The van der Waals surface area contributed by atoms with Crippen LogP contribution in [0.4, 0.5) is 0 Å². The molecular formula is C22H16BrClN2O2. The molecular weight excluding hydrogens is 440 g/mol. The number of phenolic OH excluding ortho intramolecular Hbond substituents is 1. The van der Waals surface area contributed by atoms with Gasteiger partial charge in [0.15, 0.2) is 0 Å². The van der Waals surface area contributed by atoms with Crippen molar-refractivity contribution in [1.29, 1.82) is 0 Å². The minimum absolute atomic E-state index is 0.136. The van der Waals surface area contributed by atoms with Crippen molar-refractivity contribution in [3.8, 4) is 5.75 Å². The van der Waals surface area contributed by atoms with Gasteiger partial charge in [-0.15, -0.1) is 0 Å². The van der Waals surface area contributed by atoms with Gasteiger partial charge in [0, 0.05) is 16.5 Å². The molecule has 6 heteroatoms. The fourth-order valence-corrected chi connectivity index (χ4v) is 3.76. The third-order valence-electron chi connectivity index (χ3n) is 4.70. The van der Waals surface area contributed by atoms with E-state index in [-0.39, 0.29) is 11.7 Å². The van der Waals surface area contributed by atoms with Crippen LogP contribution < -0.4 is 0 Å². The van der Waals surface area contributed by atoms with Gasteiger partial charge in [0.1, 0.15) is 5.75 Å². The highest BCUT2D eigenvalue weighted by Crippen LogP contribution is 2.38. The van der Waals surface area contributed by atoms with Crippen molar-refractivity contribution in [2.75, 3.05) is 0 Å². The van der Waals surface area contributed by atoms with E-state index in [9.17, 15) is 9.90 Å². The minimum Gasteiger partial charge on any atom is -0.508 e. The van der Waals surface area contributed by atoms with Crippen LogP contribution >= 0.6 is 27.5 Å². The highest BCUT2D eigenvalue weighted by Gasteiger charge is 2.35. The molecule has 0 spiro atoms. The zero-order valence-corrected chi connectivity index (χ0v) is 17.1. The molecule has 1 aliphatic heterocycles. The number of hydrogen-bond donors (Lipinski definition) is 1. The Balaban J connectivity index is 1.77. The third-order valence-corrected chi connectivity index (χ3v) is 5.55. The van der Waals surface area contributed by atoms with Gasteiger partial charge in [-0.1, -0.05) is 70.0 Å². The average Bonchev–Trinajstić information content (AvgIpc) is 3.14. The maximum atomic E-state index is 13.2. The Bertz CT molecular complexity index is 1070. The number of phenols is 1. The van der Waals surface area contributed by atoms with Crippen molar-refractivity contribution >= 4 is 39.1 Å². The zero-order valence-electron chi connectivity index (χ0n) is 14.7. The molecule has 0 radical (unpaired) electrons. The van der Waals surface area contributed by atoms with E-state index in [1.54, 1.807) is 36.4 Å². The number of halogens is 2. The molecule has 3 aromatic carbocycles. The first kappa shape index (κ1) is 18.7. The highest BCUT2D eigenvalue weighted by atomic mass is 79.9. The van der Waals surface area contributed by atoms with Gasteiger partial charge in [-0.2, -0.15) is 5.10 Å². The second kappa shape index (κ2) is 7.78. The molecule has 0 fully saturated rings. The van der Waals surface area contributed by atoms with Crippen molar-refractivity contribution in [2.24, 2.45) is 5.10 Å². The van der Waals surface area contributed by atoms with Crippen LogP contribution in [0.3, 0.4) is 0 Å². The van der Waals surface area contributed by atoms with E-state index in [1.807, 2.05) is 36.4 Å². The first-order valence-electron chi connectivity index (χ1n) is 8.74.